The highest BCUT2D eigenvalue weighted by Crippen LogP contribution is 2.27. The number of carbonyl (C=O) groups is 1. The average Bonchev–Trinajstić information content (AvgIpc) is 2.96. The molecule has 25 heavy (non-hydrogen) atoms. The van der Waals surface area contributed by atoms with Crippen molar-refractivity contribution in [1.82, 2.24) is 9.55 Å². The van der Waals surface area contributed by atoms with E-state index in [0.29, 0.717) is 26.7 Å². The van der Waals surface area contributed by atoms with Crippen LogP contribution in [0.1, 0.15) is 17.8 Å². The lowest BCUT2D eigenvalue weighted by atomic mass is 10.2. The number of methoxy groups -OCH3 is 1. The summed E-state index contributed by atoms with van der Waals surface area (Å²) >= 11 is 7.51. The number of halogens is 1. The number of nitrogens with zero attached hydrogens (tertiary/aromatic N) is 2. The number of rotatable bonds is 4. The number of carbonyl (C=O) groups excluding carboxylic acids is 1. The SMILES string of the molecule is COc1ccc(NC(=O)[C@H](C)n2cnc3sc(C)cc3c2=O)cc1Cl. The van der Waals surface area contributed by atoms with E-state index in [-0.39, 0.29) is 11.5 Å². The highest BCUT2D eigenvalue weighted by atomic mass is 35.5. The molecule has 1 aromatic carbocycles. The third-order valence-electron chi connectivity index (χ3n) is 3.82. The molecule has 0 saturated carbocycles. The van der Waals surface area contributed by atoms with Crippen LogP contribution in [-0.2, 0) is 4.79 Å². The summed E-state index contributed by atoms with van der Waals surface area (Å²) in [5.74, 6) is 0.183. The Balaban J connectivity index is 1.86. The molecule has 1 N–H and O–H groups in total. The van der Waals surface area contributed by atoms with Crippen LogP contribution in [0.2, 0.25) is 5.02 Å². The van der Waals surface area contributed by atoms with Gasteiger partial charge in [0, 0.05) is 10.6 Å². The Hall–Kier alpha value is -2.38. The van der Waals surface area contributed by atoms with E-state index in [1.54, 1.807) is 31.2 Å². The van der Waals surface area contributed by atoms with Gasteiger partial charge in [-0.15, -0.1) is 11.3 Å². The fraction of sp³-hybridized carbons (Fsp3) is 0.235. The van der Waals surface area contributed by atoms with Crippen LogP contribution in [-0.4, -0.2) is 22.6 Å². The summed E-state index contributed by atoms with van der Waals surface area (Å²) in [6.45, 7) is 3.56. The normalized spacial score (nSPS) is 12.2. The van der Waals surface area contributed by atoms with Gasteiger partial charge in [0.1, 0.15) is 16.6 Å². The van der Waals surface area contributed by atoms with Gasteiger partial charge in [0.2, 0.25) is 5.91 Å². The zero-order chi connectivity index (χ0) is 18.1. The molecule has 3 rings (SSSR count). The maximum Gasteiger partial charge on any atom is 0.262 e. The van der Waals surface area contributed by atoms with E-state index in [9.17, 15) is 9.59 Å². The van der Waals surface area contributed by atoms with Crippen LogP contribution in [0.15, 0.2) is 35.4 Å². The standard InChI is InChI=1S/C17H16ClN3O3S/c1-9-6-12-16(25-9)19-8-21(17(12)23)10(2)15(22)20-11-4-5-14(24-3)13(18)7-11/h4-8,10H,1-3H3,(H,20,22)/t10-/m0/s1. The number of amides is 1. The van der Waals surface area contributed by atoms with Crippen LogP contribution in [0, 0.1) is 6.92 Å². The number of aryl methyl sites for hydroxylation is 1. The first-order chi connectivity index (χ1) is 11.9. The Morgan fingerprint density at radius 2 is 2.16 bits per heavy atom. The van der Waals surface area contributed by atoms with Crippen molar-refractivity contribution < 1.29 is 9.53 Å². The molecule has 0 bridgehead atoms. The van der Waals surface area contributed by atoms with Gasteiger partial charge < -0.3 is 10.1 Å². The minimum absolute atomic E-state index is 0.232. The number of benzene rings is 1. The van der Waals surface area contributed by atoms with Gasteiger partial charge in [-0.1, -0.05) is 11.6 Å². The van der Waals surface area contributed by atoms with E-state index in [4.69, 9.17) is 16.3 Å². The van der Waals surface area contributed by atoms with Crippen molar-refractivity contribution in [2.24, 2.45) is 0 Å². The van der Waals surface area contributed by atoms with Crippen LogP contribution in [0.25, 0.3) is 10.2 Å². The molecule has 2 aromatic heterocycles. The van der Waals surface area contributed by atoms with Crippen LogP contribution in [0.4, 0.5) is 5.69 Å². The molecule has 0 aliphatic heterocycles. The first kappa shape index (κ1) is 17.4. The Labute approximate surface area is 153 Å². The summed E-state index contributed by atoms with van der Waals surface area (Å²) in [6.07, 6.45) is 1.41. The predicted molar refractivity (Wildman–Crippen MR) is 100.0 cm³/mol. The summed E-state index contributed by atoms with van der Waals surface area (Å²) in [7, 11) is 1.52. The number of nitrogens with one attached hydrogen (secondary N) is 1. The van der Waals surface area contributed by atoms with E-state index < -0.39 is 6.04 Å². The third-order valence-corrected chi connectivity index (χ3v) is 5.07. The zero-order valence-electron chi connectivity index (χ0n) is 13.9. The number of aromatic nitrogens is 2. The Morgan fingerprint density at radius 3 is 2.84 bits per heavy atom. The topological polar surface area (TPSA) is 73.2 Å². The van der Waals surface area contributed by atoms with Crippen LogP contribution in [0.5, 0.6) is 5.75 Å². The molecule has 0 saturated heterocycles. The maximum absolute atomic E-state index is 12.6. The maximum atomic E-state index is 12.6. The summed E-state index contributed by atoms with van der Waals surface area (Å²) in [4.78, 5) is 31.0. The molecule has 0 spiro atoms. The quantitative estimate of drug-likeness (QED) is 0.753. The molecule has 0 radical (unpaired) electrons. The van der Waals surface area contributed by atoms with Gasteiger partial charge in [-0.25, -0.2) is 4.98 Å². The lowest BCUT2D eigenvalue weighted by molar-refractivity contribution is -0.118. The molecular weight excluding hydrogens is 362 g/mol. The van der Waals surface area contributed by atoms with Gasteiger partial charge in [0.15, 0.2) is 0 Å². The Kier molecular flexibility index (Phi) is 4.78. The first-order valence-corrected chi connectivity index (χ1v) is 8.72. The number of fused-ring (bicyclic) bond motifs is 1. The molecule has 2 heterocycles. The summed E-state index contributed by atoms with van der Waals surface area (Å²) in [5, 5.41) is 3.66. The Morgan fingerprint density at radius 1 is 1.40 bits per heavy atom. The zero-order valence-corrected chi connectivity index (χ0v) is 15.4. The van der Waals surface area contributed by atoms with E-state index >= 15 is 0 Å². The summed E-state index contributed by atoms with van der Waals surface area (Å²) in [5.41, 5.74) is 0.292. The van der Waals surface area contributed by atoms with Crippen molar-refractivity contribution in [1.29, 1.82) is 0 Å². The molecule has 1 atom stereocenters. The highest BCUT2D eigenvalue weighted by molar-refractivity contribution is 7.18. The lowest BCUT2D eigenvalue weighted by Crippen LogP contribution is -2.31. The highest BCUT2D eigenvalue weighted by Gasteiger charge is 2.19. The third kappa shape index (κ3) is 3.38. The predicted octanol–water partition coefficient (Wildman–Crippen LogP) is 3.63. The molecule has 8 heteroatoms. The van der Waals surface area contributed by atoms with Crippen molar-refractivity contribution in [3.8, 4) is 5.75 Å². The van der Waals surface area contributed by atoms with Crippen LogP contribution >= 0.6 is 22.9 Å². The molecule has 1 amide bonds. The van der Waals surface area contributed by atoms with Crippen molar-refractivity contribution in [2.75, 3.05) is 12.4 Å². The summed E-state index contributed by atoms with van der Waals surface area (Å²) in [6, 6.07) is 6.01. The molecule has 3 aromatic rings. The number of hydrogen-bond acceptors (Lipinski definition) is 5. The number of thiophene rings is 1. The molecule has 6 nitrogen and oxygen atoms in total. The van der Waals surface area contributed by atoms with E-state index in [1.165, 1.54) is 29.3 Å². The second-order valence-electron chi connectivity index (χ2n) is 5.55. The van der Waals surface area contributed by atoms with Crippen LogP contribution < -0.4 is 15.6 Å². The second-order valence-corrected chi connectivity index (χ2v) is 7.19. The van der Waals surface area contributed by atoms with Gasteiger partial charge in [0.25, 0.3) is 5.56 Å². The smallest absolute Gasteiger partial charge is 0.262 e. The summed E-state index contributed by atoms with van der Waals surface area (Å²) < 4.78 is 6.41. The van der Waals surface area contributed by atoms with Gasteiger partial charge >= 0.3 is 0 Å². The molecule has 0 aliphatic rings. The molecule has 130 valence electrons. The van der Waals surface area contributed by atoms with Gasteiger partial charge in [-0.2, -0.15) is 0 Å². The van der Waals surface area contributed by atoms with Gasteiger partial charge in [-0.05, 0) is 38.1 Å². The fourth-order valence-electron chi connectivity index (χ4n) is 2.45. The monoisotopic (exact) mass is 377 g/mol. The minimum atomic E-state index is -0.717. The average molecular weight is 378 g/mol. The van der Waals surface area contributed by atoms with Gasteiger partial charge in [0.05, 0.1) is 23.8 Å². The van der Waals surface area contributed by atoms with E-state index in [0.717, 1.165) is 4.88 Å². The fourth-order valence-corrected chi connectivity index (χ4v) is 3.55. The number of hydrogen-bond donors (Lipinski definition) is 1. The molecule has 0 unspecified atom stereocenters. The Bertz CT molecular complexity index is 1010. The lowest BCUT2D eigenvalue weighted by Gasteiger charge is -2.15. The van der Waals surface area contributed by atoms with E-state index in [1.807, 2.05) is 6.92 Å². The number of anilines is 1. The van der Waals surface area contributed by atoms with Crippen molar-refractivity contribution in [3.63, 3.8) is 0 Å². The molecule has 0 aliphatic carbocycles. The molecule has 0 fully saturated rings. The number of ether oxygens (including phenoxy) is 1. The first-order valence-electron chi connectivity index (χ1n) is 7.52. The second kappa shape index (κ2) is 6.85. The van der Waals surface area contributed by atoms with E-state index in [2.05, 4.69) is 10.3 Å². The van der Waals surface area contributed by atoms with Crippen molar-refractivity contribution in [2.45, 2.75) is 19.9 Å². The largest absolute Gasteiger partial charge is 0.495 e. The molecular formula is C17H16ClN3O3S. The van der Waals surface area contributed by atoms with Gasteiger partial charge in [-0.3, -0.25) is 14.2 Å². The van der Waals surface area contributed by atoms with Crippen molar-refractivity contribution >= 4 is 44.7 Å². The van der Waals surface area contributed by atoms with Crippen LogP contribution in [0.3, 0.4) is 0 Å². The van der Waals surface area contributed by atoms with Crippen molar-refractivity contribution in [3.05, 3.63) is 50.8 Å². The minimum Gasteiger partial charge on any atom is -0.495 e.